The van der Waals surface area contributed by atoms with E-state index in [-0.39, 0.29) is 0 Å². The van der Waals surface area contributed by atoms with E-state index < -0.39 is 0 Å². The molecule has 0 unspecified atom stereocenters. The molecule has 0 saturated carbocycles. The normalized spacial score (nSPS) is 16.8. The summed E-state index contributed by atoms with van der Waals surface area (Å²) < 4.78 is 0. The summed E-state index contributed by atoms with van der Waals surface area (Å²) in [7, 11) is 4.40. The second-order valence-corrected chi connectivity index (χ2v) is 6.54. The Labute approximate surface area is 124 Å². The van der Waals surface area contributed by atoms with Crippen molar-refractivity contribution in [1.82, 2.24) is 9.80 Å². The minimum Gasteiger partial charge on any atom is -0.302 e. The molecule has 0 atom stereocenters. The molecule has 110 valence electrons. The largest absolute Gasteiger partial charge is 0.302 e. The van der Waals surface area contributed by atoms with Crippen LogP contribution < -0.4 is 0 Å². The van der Waals surface area contributed by atoms with Gasteiger partial charge < -0.3 is 9.80 Å². The monoisotopic (exact) mass is 272 g/mol. The van der Waals surface area contributed by atoms with E-state index in [9.17, 15) is 0 Å². The Balaban J connectivity index is 1.98. The highest BCUT2D eigenvalue weighted by molar-refractivity contribution is 5.67. The SMILES string of the molecule is CC(C)CN(C)Cc1ccc(C2=CCCN(C)C2)cc1. The molecule has 2 heteroatoms. The lowest BCUT2D eigenvalue weighted by Crippen LogP contribution is -2.25. The third kappa shape index (κ3) is 4.46. The number of rotatable bonds is 5. The second kappa shape index (κ2) is 7.05. The third-order valence-electron chi connectivity index (χ3n) is 3.80. The van der Waals surface area contributed by atoms with Gasteiger partial charge in [0.2, 0.25) is 0 Å². The van der Waals surface area contributed by atoms with Crippen molar-refractivity contribution in [3.63, 3.8) is 0 Å². The zero-order valence-electron chi connectivity index (χ0n) is 13.4. The summed E-state index contributed by atoms with van der Waals surface area (Å²) in [5, 5.41) is 0. The highest BCUT2D eigenvalue weighted by Gasteiger charge is 2.10. The highest BCUT2D eigenvalue weighted by Crippen LogP contribution is 2.20. The maximum absolute atomic E-state index is 2.40. The van der Waals surface area contributed by atoms with Crippen LogP contribution in [0.25, 0.3) is 5.57 Å². The lowest BCUT2D eigenvalue weighted by atomic mass is 10.00. The number of hydrogen-bond donors (Lipinski definition) is 0. The molecule has 20 heavy (non-hydrogen) atoms. The maximum atomic E-state index is 2.40. The van der Waals surface area contributed by atoms with E-state index in [1.807, 2.05) is 0 Å². The Morgan fingerprint density at radius 3 is 2.50 bits per heavy atom. The van der Waals surface area contributed by atoms with E-state index in [4.69, 9.17) is 0 Å². The minimum atomic E-state index is 0.724. The molecule has 0 aromatic heterocycles. The molecule has 1 aromatic rings. The van der Waals surface area contributed by atoms with Crippen LogP contribution in [-0.2, 0) is 6.54 Å². The number of nitrogens with zero attached hydrogens (tertiary/aromatic N) is 2. The predicted octanol–water partition coefficient (Wildman–Crippen LogP) is 3.49. The molecular formula is C18H28N2. The molecule has 0 bridgehead atoms. The van der Waals surface area contributed by atoms with Crippen molar-refractivity contribution in [3.05, 3.63) is 41.5 Å². The Morgan fingerprint density at radius 2 is 1.90 bits per heavy atom. The average Bonchev–Trinajstić information content (AvgIpc) is 2.38. The first kappa shape index (κ1) is 15.3. The van der Waals surface area contributed by atoms with Gasteiger partial charge in [-0.15, -0.1) is 0 Å². The molecule has 0 radical (unpaired) electrons. The molecular weight excluding hydrogens is 244 g/mol. The first-order valence-corrected chi connectivity index (χ1v) is 7.70. The minimum absolute atomic E-state index is 0.724. The zero-order valence-corrected chi connectivity index (χ0v) is 13.4. The lowest BCUT2D eigenvalue weighted by Gasteiger charge is -2.23. The molecule has 0 aliphatic carbocycles. The Morgan fingerprint density at radius 1 is 1.20 bits per heavy atom. The van der Waals surface area contributed by atoms with Gasteiger partial charge in [0.15, 0.2) is 0 Å². The van der Waals surface area contributed by atoms with Crippen LogP contribution in [0.15, 0.2) is 30.3 Å². The van der Waals surface area contributed by atoms with Gasteiger partial charge in [0.25, 0.3) is 0 Å². The molecule has 1 aromatic carbocycles. The van der Waals surface area contributed by atoms with Crippen LogP contribution in [0.1, 0.15) is 31.4 Å². The van der Waals surface area contributed by atoms with Gasteiger partial charge in [0, 0.05) is 26.2 Å². The fourth-order valence-electron chi connectivity index (χ4n) is 2.93. The molecule has 1 heterocycles. The Bertz CT molecular complexity index is 445. The molecule has 1 aliphatic rings. The van der Waals surface area contributed by atoms with E-state index >= 15 is 0 Å². The van der Waals surface area contributed by atoms with E-state index in [0.29, 0.717) is 0 Å². The topological polar surface area (TPSA) is 6.48 Å². The Hall–Kier alpha value is -1.12. The first-order chi connectivity index (χ1) is 9.54. The van der Waals surface area contributed by atoms with Crippen molar-refractivity contribution in [2.45, 2.75) is 26.8 Å². The van der Waals surface area contributed by atoms with E-state index in [0.717, 1.165) is 25.6 Å². The predicted molar refractivity (Wildman–Crippen MR) is 87.7 cm³/mol. The number of hydrogen-bond acceptors (Lipinski definition) is 2. The fraction of sp³-hybridized carbons (Fsp3) is 0.556. The van der Waals surface area contributed by atoms with Crippen molar-refractivity contribution >= 4 is 5.57 Å². The molecule has 0 N–H and O–H groups in total. The average molecular weight is 272 g/mol. The summed E-state index contributed by atoms with van der Waals surface area (Å²) in [5.41, 5.74) is 4.26. The van der Waals surface area contributed by atoms with Gasteiger partial charge in [-0.25, -0.2) is 0 Å². The standard InChI is InChI=1S/C18H28N2/c1-15(2)12-20(4)13-16-7-9-17(10-8-16)18-6-5-11-19(3)14-18/h6-10,15H,5,11-14H2,1-4H3. The van der Waals surface area contributed by atoms with Gasteiger partial charge in [-0.2, -0.15) is 0 Å². The highest BCUT2D eigenvalue weighted by atomic mass is 15.1. The third-order valence-corrected chi connectivity index (χ3v) is 3.80. The van der Waals surface area contributed by atoms with Gasteiger partial charge in [0.05, 0.1) is 0 Å². The summed E-state index contributed by atoms with van der Waals surface area (Å²) in [4.78, 5) is 4.78. The van der Waals surface area contributed by atoms with Crippen LogP contribution in [0.3, 0.4) is 0 Å². The zero-order chi connectivity index (χ0) is 14.5. The second-order valence-electron chi connectivity index (χ2n) is 6.54. The van der Waals surface area contributed by atoms with Crippen LogP contribution in [0.4, 0.5) is 0 Å². The van der Waals surface area contributed by atoms with Crippen molar-refractivity contribution in [1.29, 1.82) is 0 Å². The number of likely N-dealkylation sites (N-methyl/N-ethyl adjacent to an activating group) is 1. The molecule has 1 aliphatic heterocycles. The summed E-state index contributed by atoms with van der Waals surface area (Å²) in [5.74, 6) is 0.724. The summed E-state index contributed by atoms with van der Waals surface area (Å²) in [6, 6.07) is 9.12. The first-order valence-electron chi connectivity index (χ1n) is 7.70. The van der Waals surface area contributed by atoms with E-state index in [1.54, 1.807) is 0 Å². The maximum Gasteiger partial charge on any atom is 0.0233 e. The van der Waals surface area contributed by atoms with Crippen molar-refractivity contribution in [2.24, 2.45) is 5.92 Å². The van der Waals surface area contributed by atoms with Gasteiger partial charge in [-0.3, -0.25) is 0 Å². The molecule has 2 nitrogen and oxygen atoms in total. The smallest absolute Gasteiger partial charge is 0.0233 e. The lowest BCUT2D eigenvalue weighted by molar-refractivity contribution is 0.288. The molecule has 0 spiro atoms. The van der Waals surface area contributed by atoms with Gasteiger partial charge in [-0.1, -0.05) is 44.2 Å². The number of benzene rings is 1. The van der Waals surface area contributed by atoms with Crippen LogP contribution >= 0.6 is 0 Å². The van der Waals surface area contributed by atoms with Crippen molar-refractivity contribution in [2.75, 3.05) is 33.7 Å². The van der Waals surface area contributed by atoms with Gasteiger partial charge >= 0.3 is 0 Å². The molecule has 0 fully saturated rings. The summed E-state index contributed by atoms with van der Waals surface area (Å²) >= 11 is 0. The molecule has 0 amide bonds. The van der Waals surface area contributed by atoms with Crippen LogP contribution in [0, 0.1) is 5.92 Å². The van der Waals surface area contributed by atoms with Crippen molar-refractivity contribution < 1.29 is 0 Å². The van der Waals surface area contributed by atoms with Crippen LogP contribution in [-0.4, -0.2) is 43.5 Å². The molecule has 0 saturated heterocycles. The van der Waals surface area contributed by atoms with Crippen LogP contribution in [0.2, 0.25) is 0 Å². The summed E-state index contributed by atoms with van der Waals surface area (Å²) in [6.07, 6.45) is 3.56. The van der Waals surface area contributed by atoms with E-state index in [2.05, 4.69) is 68.1 Å². The quantitative estimate of drug-likeness (QED) is 0.809. The Kier molecular flexibility index (Phi) is 5.38. The fourth-order valence-corrected chi connectivity index (χ4v) is 2.93. The summed E-state index contributed by atoms with van der Waals surface area (Å²) in [6.45, 7) is 8.99. The van der Waals surface area contributed by atoms with Crippen LogP contribution in [0.5, 0.6) is 0 Å². The van der Waals surface area contributed by atoms with E-state index in [1.165, 1.54) is 29.7 Å². The molecule has 2 rings (SSSR count). The van der Waals surface area contributed by atoms with Gasteiger partial charge in [0.1, 0.15) is 0 Å². The van der Waals surface area contributed by atoms with Gasteiger partial charge in [-0.05, 0) is 43.1 Å². The van der Waals surface area contributed by atoms with Crippen molar-refractivity contribution in [3.8, 4) is 0 Å².